The third-order valence-corrected chi connectivity index (χ3v) is 3.54. The van der Waals surface area contributed by atoms with Gasteiger partial charge in [0.15, 0.2) is 0 Å². The summed E-state index contributed by atoms with van der Waals surface area (Å²) in [5.74, 6) is 0.0276. The molecule has 5 heteroatoms. The van der Waals surface area contributed by atoms with Crippen LogP contribution in [0.25, 0.3) is 0 Å². The first-order chi connectivity index (χ1) is 7.57. The van der Waals surface area contributed by atoms with Crippen LogP contribution in [-0.4, -0.2) is 55.4 Å². The van der Waals surface area contributed by atoms with Gasteiger partial charge >= 0.3 is 0 Å². The molecule has 1 aliphatic rings. The minimum absolute atomic E-state index is 0.0276. The summed E-state index contributed by atoms with van der Waals surface area (Å²) in [6.07, 6.45) is 1.34. The Morgan fingerprint density at radius 2 is 2.12 bits per heavy atom. The van der Waals surface area contributed by atoms with Crippen molar-refractivity contribution in [1.82, 2.24) is 4.90 Å². The lowest BCUT2D eigenvalue weighted by atomic mass is 9.78. The van der Waals surface area contributed by atoms with E-state index < -0.39 is 5.41 Å². The number of carbonyl (C=O) groups is 1. The molecule has 0 aromatic rings. The Labute approximate surface area is 96.6 Å². The van der Waals surface area contributed by atoms with Crippen LogP contribution in [0.4, 0.5) is 0 Å². The molecule has 0 bridgehead atoms. The molecule has 1 atom stereocenters. The van der Waals surface area contributed by atoms with Crippen molar-refractivity contribution in [3.8, 4) is 0 Å². The third-order valence-electron chi connectivity index (χ3n) is 3.54. The average molecular weight is 230 g/mol. The summed E-state index contributed by atoms with van der Waals surface area (Å²) in [7, 11) is 1.72. The van der Waals surface area contributed by atoms with Crippen LogP contribution < -0.4 is 5.73 Å². The molecule has 0 aromatic carbocycles. The Hall–Kier alpha value is -0.650. The molecule has 1 fully saturated rings. The fourth-order valence-corrected chi connectivity index (χ4v) is 1.96. The number of aliphatic hydroxyl groups is 1. The summed E-state index contributed by atoms with van der Waals surface area (Å²) < 4.78 is 5.27. The molecule has 0 radical (unpaired) electrons. The zero-order valence-corrected chi connectivity index (χ0v) is 10.1. The first-order valence-corrected chi connectivity index (χ1v) is 5.73. The average Bonchev–Trinajstić information content (AvgIpc) is 2.36. The SMILES string of the molecule is CC(CO)N(C)C(=O)C1(CN)CCOCC1. The zero-order valence-electron chi connectivity index (χ0n) is 10.1. The molecule has 1 heterocycles. The van der Waals surface area contributed by atoms with Crippen LogP contribution in [-0.2, 0) is 9.53 Å². The van der Waals surface area contributed by atoms with Gasteiger partial charge in [-0.25, -0.2) is 0 Å². The van der Waals surface area contributed by atoms with Crippen LogP contribution in [0.5, 0.6) is 0 Å². The molecular weight excluding hydrogens is 208 g/mol. The maximum absolute atomic E-state index is 12.3. The van der Waals surface area contributed by atoms with Gasteiger partial charge in [-0.1, -0.05) is 0 Å². The molecule has 1 aliphatic heterocycles. The van der Waals surface area contributed by atoms with Crippen molar-refractivity contribution < 1.29 is 14.6 Å². The first-order valence-electron chi connectivity index (χ1n) is 5.73. The normalized spacial score (nSPS) is 21.5. The van der Waals surface area contributed by atoms with Gasteiger partial charge in [0.2, 0.25) is 5.91 Å². The lowest BCUT2D eigenvalue weighted by Crippen LogP contribution is -2.52. The lowest BCUT2D eigenvalue weighted by Gasteiger charge is -2.39. The van der Waals surface area contributed by atoms with Crippen molar-refractivity contribution in [2.75, 3.05) is 33.4 Å². The molecule has 5 nitrogen and oxygen atoms in total. The molecule has 16 heavy (non-hydrogen) atoms. The summed E-state index contributed by atoms with van der Waals surface area (Å²) >= 11 is 0. The summed E-state index contributed by atoms with van der Waals surface area (Å²) in [5.41, 5.74) is 5.26. The highest BCUT2D eigenvalue weighted by Gasteiger charge is 2.41. The number of nitrogens with zero attached hydrogens (tertiary/aromatic N) is 1. The number of ether oxygens (including phenoxy) is 1. The summed E-state index contributed by atoms with van der Waals surface area (Å²) in [4.78, 5) is 13.9. The van der Waals surface area contributed by atoms with E-state index in [1.54, 1.807) is 11.9 Å². The number of rotatable bonds is 4. The second kappa shape index (κ2) is 5.61. The second-order valence-electron chi connectivity index (χ2n) is 4.54. The highest BCUT2D eigenvalue weighted by atomic mass is 16.5. The number of amides is 1. The minimum atomic E-state index is -0.490. The van der Waals surface area contributed by atoms with Gasteiger partial charge in [-0.2, -0.15) is 0 Å². The number of carbonyl (C=O) groups excluding carboxylic acids is 1. The third kappa shape index (κ3) is 2.53. The van der Waals surface area contributed by atoms with E-state index in [9.17, 15) is 4.79 Å². The van der Waals surface area contributed by atoms with Gasteiger partial charge in [-0.05, 0) is 19.8 Å². The topological polar surface area (TPSA) is 75.8 Å². The Morgan fingerprint density at radius 3 is 2.56 bits per heavy atom. The fraction of sp³-hybridized carbons (Fsp3) is 0.909. The van der Waals surface area contributed by atoms with Gasteiger partial charge in [-0.15, -0.1) is 0 Å². The summed E-state index contributed by atoms with van der Waals surface area (Å²) in [6.45, 7) is 3.31. The highest BCUT2D eigenvalue weighted by Crippen LogP contribution is 2.31. The second-order valence-corrected chi connectivity index (χ2v) is 4.54. The van der Waals surface area contributed by atoms with Crippen LogP contribution >= 0.6 is 0 Å². The smallest absolute Gasteiger partial charge is 0.230 e. The van der Waals surface area contributed by atoms with Gasteiger partial charge < -0.3 is 20.5 Å². The van der Waals surface area contributed by atoms with Crippen molar-refractivity contribution in [2.24, 2.45) is 11.1 Å². The molecule has 3 N–H and O–H groups in total. The molecule has 1 unspecified atom stereocenters. The molecule has 1 saturated heterocycles. The van der Waals surface area contributed by atoms with Gasteiger partial charge in [0, 0.05) is 26.8 Å². The van der Waals surface area contributed by atoms with Crippen LogP contribution in [0.2, 0.25) is 0 Å². The number of hydrogen-bond acceptors (Lipinski definition) is 4. The number of likely N-dealkylation sites (N-methyl/N-ethyl adjacent to an activating group) is 1. The highest BCUT2D eigenvalue weighted by molar-refractivity contribution is 5.83. The Bertz CT molecular complexity index is 239. The molecule has 0 aromatic heterocycles. The summed E-state index contributed by atoms with van der Waals surface area (Å²) in [6, 6.07) is -0.168. The summed E-state index contributed by atoms with van der Waals surface area (Å²) in [5, 5.41) is 9.06. The van der Waals surface area contributed by atoms with E-state index in [2.05, 4.69) is 0 Å². The van der Waals surface area contributed by atoms with Crippen molar-refractivity contribution in [1.29, 1.82) is 0 Å². The van der Waals surface area contributed by atoms with Crippen molar-refractivity contribution in [2.45, 2.75) is 25.8 Å². The Balaban J connectivity index is 2.75. The van der Waals surface area contributed by atoms with E-state index in [1.807, 2.05) is 6.92 Å². The van der Waals surface area contributed by atoms with Crippen LogP contribution in [0.3, 0.4) is 0 Å². The first kappa shape index (κ1) is 13.4. The van der Waals surface area contributed by atoms with Crippen LogP contribution in [0, 0.1) is 5.41 Å². The quantitative estimate of drug-likeness (QED) is 0.688. The van der Waals surface area contributed by atoms with Crippen molar-refractivity contribution in [3.63, 3.8) is 0 Å². The van der Waals surface area contributed by atoms with Crippen LogP contribution in [0.1, 0.15) is 19.8 Å². The maximum atomic E-state index is 12.3. The minimum Gasteiger partial charge on any atom is -0.394 e. The van der Waals surface area contributed by atoms with Gasteiger partial charge in [0.25, 0.3) is 0 Å². The molecule has 0 spiro atoms. The zero-order chi connectivity index (χ0) is 12.2. The van der Waals surface area contributed by atoms with Gasteiger partial charge in [-0.3, -0.25) is 4.79 Å². The monoisotopic (exact) mass is 230 g/mol. The molecule has 1 rings (SSSR count). The predicted molar refractivity (Wildman–Crippen MR) is 60.9 cm³/mol. The lowest BCUT2D eigenvalue weighted by molar-refractivity contribution is -0.148. The fourth-order valence-electron chi connectivity index (χ4n) is 1.96. The van der Waals surface area contributed by atoms with E-state index in [1.165, 1.54) is 0 Å². The van der Waals surface area contributed by atoms with E-state index in [4.69, 9.17) is 15.6 Å². The molecule has 94 valence electrons. The van der Waals surface area contributed by atoms with E-state index in [0.29, 0.717) is 32.6 Å². The van der Waals surface area contributed by atoms with Crippen LogP contribution in [0.15, 0.2) is 0 Å². The molecular formula is C11H22N2O3. The van der Waals surface area contributed by atoms with Gasteiger partial charge in [0.05, 0.1) is 18.1 Å². The van der Waals surface area contributed by atoms with Crippen molar-refractivity contribution in [3.05, 3.63) is 0 Å². The van der Waals surface area contributed by atoms with Gasteiger partial charge in [0.1, 0.15) is 0 Å². The Morgan fingerprint density at radius 1 is 1.56 bits per heavy atom. The Kier molecular flexibility index (Phi) is 4.70. The van der Waals surface area contributed by atoms with E-state index in [-0.39, 0.29) is 18.6 Å². The van der Waals surface area contributed by atoms with E-state index in [0.717, 1.165) is 0 Å². The number of hydrogen-bond donors (Lipinski definition) is 2. The maximum Gasteiger partial charge on any atom is 0.230 e. The predicted octanol–water partition coefficient (Wildman–Crippen LogP) is -0.419. The standard InChI is InChI=1S/C11H22N2O3/c1-9(7-14)13(2)10(15)11(8-12)3-5-16-6-4-11/h9,14H,3-8,12H2,1-2H3. The number of aliphatic hydroxyl groups excluding tert-OH is 1. The molecule has 0 saturated carbocycles. The number of nitrogens with two attached hydrogens (primary N) is 1. The largest absolute Gasteiger partial charge is 0.394 e. The molecule has 1 amide bonds. The van der Waals surface area contributed by atoms with Crippen molar-refractivity contribution >= 4 is 5.91 Å². The van der Waals surface area contributed by atoms with E-state index >= 15 is 0 Å². The molecule has 0 aliphatic carbocycles.